The quantitative estimate of drug-likeness (QED) is 0.548. The van der Waals surface area contributed by atoms with Crippen LogP contribution in [0.1, 0.15) is 6.42 Å². The van der Waals surface area contributed by atoms with E-state index in [0.29, 0.717) is 23.2 Å². The van der Waals surface area contributed by atoms with Gasteiger partial charge in [0, 0.05) is 23.1 Å². The number of nitrogens with one attached hydrogen (secondary N) is 2. The van der Waals surface area contributed by atoms with E-state index in [1.165, 1.54) is 18.2 Å². The first-order chi connectivity index (χ1) is 9.81. The molecular weight excluding hydrogens is 329 g/mol. The van der Waals surface area contributed by atoms with E-state index in [1.54, 1.807) is 0 Å². The number of halogens is 4. The molecule has 0 aliphatic carbocycles. The molecule has 3 N–H and O–H groups in total. The number of carbonyl (C=O) groups is 1. The van der Waals surface area contributed by atoms with Crippen LogP contribution in [0, 0.1) is 0 Å². The van der Waals surface area contributed by atoms with Crippen molar-refractivity contribution in [2.45, 2.75) is 17.5 Å². The molecule has 0 aliphatic rings. The number of thioether (sulfide) groups is 1. The first-order valence-electron chi connectivity index (χ1n) is 5.96. The Balaban J connectivity index is 2.70. The lowest BCUT2D eigenvalue weighted by Crippen LogP contribution is -2.30. The van der Waals surface area contributed by atoms with Gasteiger partial charge in [0.15, 0.2) is 0 Å². The van der Waals surface area contributed by atoms with Crippen molar-refractivity contribution in [2.24, 2.45) is 0 Å². The predicted octanol–water partition coefficient (Wildman–Crippen LogP) is 3.50. The standard InChI is InChI=1S/C12H14ClF3N2O2S/c13-8-2-3-10(21-7-12(14,15)16)9(6-8)18-11(20)17-4-1-5-19/h2-3,6,19H,1,4-5,7H2,(H2,17,18,20). The summed E-state index contributed by atoms with van der Waals surface area (Å²) in [6.45, 7) is 0.193. The molecule has 0 aromatic heterocycles. The van der Waals surface area contributed by atoms with Gasteiger partial charge < -0.3 is 15.7 Å². The molecule has 0 bridgehead atoms. The Kier molecular flexibility index (Phi) is 7.13. The third kappa shape index (κ3) is 7.45. The largest absolute Gasteiger partial charge is 0.398 e. The van der Waals surface area contributed by atoms with Crippen LogP contribution in [0.15, 0.2) is 23.1 Å². The van der Waals surface area contributed by atoms with Crippen molar-refractivity contribution in [3.05, 3.63) is 23.2 Å². The second kappa shape index (κ2) is 8.35. The van der Waals surface area contributed by atoms with Gasteiger partial charge in [-0.2, -0.15) is 13.2 Å². The van der Waals surface area contributed by atoms with Crippen LogP contribution in [0.3, 0.4) is 0 Å². The van der Waals surface area contributed by atoms with E-state index in [2.05, 4.69) is 10.6 Å². The van der Waals surface area contributed by atoms with E-state index in [4.69, 9.17) is 16.7 Å². The fraction of sp³-hybridized carbons (Fsp3) is 0.417. The normalized spacial score (nSPS) is 11.3. The molecule has 0 spiro atoms. The van der Waals surface area contributed by atoms with Gasteiger partial charge in [0.05, 0.1) is 11.4 Å². The monoisotopic (exact) mass is 342 g/mol. The minimum absolute atomic E-state index is 0.0653. The fourth-order valence-electron chi connectivity index (χ4n) is 1.33. The Morgan fingerprint density at radius 1 is 1.38 bits per heavy atom. The summed E-state index contributed by atoms with van der Waals surface area (Å²) in [7, 11) is 0. The number of benzene rings is 1. The summed E-state index contributed by atoms with van der Waals surface area (Å²) >= 11 is 6.35. The highest BCUT2D eigenvalue weighted by molar-refractivity contribution is 7.99. The van der Waals surface area contributed by atoms with Crippen LogP contribution in [0.2, 0.25) is 5.02 Å². The van der Waals surface area contributed by atoms with Crippen molar-refractivity contribution in [1.82, 2.24) is 5.32 Å². The highest BCUT2D eigenvalue weighted by atomic mass is 35.5. The average molecular weight is 343 g/mol. The van der Waals surface area contributed by atoms with E-state index in [0.717, 1.165) is 0 Å². The van der Waals surface area contributed by atoms with Crippen LogP contribution < -0.4 is 10.6 Å². The molecule has 0 heterocycles. The highest BCUT2D eigenvalue weighted by Gasteiger charge is 2.27. The second-order valence-corrected chi connectivity index (χ2v) is 5.46. The molecular formula is C12H14ClF3N2O2S. The fourth-order valence-corrected chi connectivity index (χ4v) is 2.25. The lowest BCUT2D eigenvalue weighted by molar-refractivity contribution is -0.105. The molecule has 1 rings (SSSR count). The van der Waals surface area contributed by atoms with Crippen molar-refractivity contribution in [3.8, 4) is 0 Å². The smallest absolute Gasteiger partial charge is 0.396 e. The van der Waals surface area contributed by atoms with Gasteiger partial charge in [-0.3, -0.25) is 0 Å². The Bertz CT molecular complexity index is 486. The summed E-state index contributed by atoms with van der Waals surface area (Å²) < 4.78 is 36.8. The number of anilines is 1. The van der Waals surface area contributed by atoms with Crippen LogP contribution in [-0.2, 0) is 0 Å². The summed E-state index contributed by atoms with van der Waals surface area (Å²) in [5, 5.41) is 13.8. The summed E-state index contributed by atoms with van der Waals surface area (Å²) in [6.07, 6.45) is -3.91. The van der Waals surface area contributed by atoms with Gasteiger partial charge in [-0.1, -0.05) is 11.6 Å². The zero-order valence-corrected chi connectivity index (χ0v) is 12.4. The summed E-state index contributed by atoms with van der Waals surface area (Å²) in [5.74, 6) is -1.06. The number of urea groups is 1. The van der Waals surface area contributed by atoms with Gasteiger partial charge in [0.1, 0.15) is 0 Å². The molecule has 1 aromatic rings. The van der Waals surface area contributed by atoms with Gasteiger partial charge in [-0.15, -0.1) is 11.8 Å². The molecule has 1 aromatic carbocycles. The van der Waals surface area contributed by atoms with Gasteiger partial charge in [0.25, 0.3) is 0 Å². The maximum Gasteiger partial charge on any atom is 0.398 e. The Morgan fingerprint density at radius 3 is 2.71 bits per heavy atom. The molecule has 0 unspecified atom stereocenters. The molecule has 0 saturated heterocycles. The van der Waals surface area contributed by atoms with Gasteiger partial charge >= 0.3 is 12.2 Å². The number of aliphatic hydroxyl groups excluding tert-OH is 1. The van der Waals surface area contributed by atoms with E-state index in [1.807, 2.05) is 0 Å². The summed E-state index contributed by atoms with van der Waals surface area (Å²) in [5.41, 5.74) is 0.207. The van der Waals surface area contributed by atoms with Gasteiger partial charge in [-0.05, 0) is 24.6 Å². The number of rotatable bonds is 6. The van der Waals surface area contributed by atoms with Crippen molar-refractivity contribution in [2.75, 3.05) is 24.2 Å². The maximum atomic E-state index is 12.3. The third-order valence-electron chi connectivity index (χ3n) is 2.20. The van der Waals surface area contributed by atoms with Crippen LogP contribution in [-0.4, -0.2) is 36.2 Å². The van der Waals surface area contributed by atoms with Crippen LogP contribution in [0.25, 0.3) is 0 Å². The second-order valence-electron chi connectivity index (χ2n) is 4.00. The highest BCUT2D eigenvalue weighted by Crippen LogP contribution is 2.33. The van der Waals surface area contributed by atoms with Gasteiger partial charge in [-0.25, -0.2) is 4.79 Å². The zero-order chi connectivity index (χ0) is 15.9. The zero-order valence-electron chi connectivity index (χ0n) is 10.8. The maximum absolute atomic E-state index is 12.3. The summed E-state index contributed by atoms with van der Waals surface area (Å²) in [6, 6.07) is 3.68. The molecule has 0 aliphatic heterocycles. The number of carbonyl (C=O) groups excluding carboxylic acids is 1. The van der Waals surface area contributed by atoms with Crippen LogP contribution in [0.5, 0.6) is 0 Å². The third-order valence-corrected chi connectivity index (χ3v) is 3.58. The number of alkyl halides is 3. The van der Waals surface area contributed by atoms with Gasteiger partial charge in [0.2, 0.25) is 0 Å². The molecule has 0 fully saturated rings. The lowest BCUT2D eigenvalue weighted by Gasteiger charge is -2.13. The molecule has 4 nitrogen and oxygen atoms in total. The van der Waals surface area contributed by atoms with E-state index >= 15 is 0 Å². The number of aliphatic hydroxyl groups is 1. The molecule has 118 valence electrons. The molecule has 0 radical (unpaired) electrons. The van der Waals surface area contributed by atoms with E-state index in [-0.39, 0.29) is 23.7 Å². The Hall–Kier alpha value is -1.12. The average Bonchev–Trinajstić information content (AvgIpc) is 2.37. The van der Waals surface area contributed by atoms with Crippen molar-refractivity contribution in [3.63, 3.8) is 0 Å². The van der Waals surface area contributed by atoms with Crippen LogP contribution in [0.4, 0.5) is 23.7 Å². The Labute approximate surface area is 129 Å². The van der Waals surface area contributed by atoms with E-state index in [9.17, 15) is 18.0 Å². The molecule has 2 amide bonds. The topological polar surface area (TPSA) is 61.4 Å². The molecule has 9 heteroatoms. The number of amides is 2. The lowest BCUT2D eigenvalue weighted by atomic mass is 10.3. The first-order valence-corrected chi connectivity index (χ1v) is 7.33. The minimum atomic E-state index is -4.30. The Morgan fingerprint density at radius 2 is 2.10 bits per heavy atom. The SMILES string of the molecule is O=C(NCCCO)Nc1cc(Cl)ccc1SCC(F)(F)F. The molecule has 0 atom stereocenters. The van der Waals surface area contributed by atoms with E-state index < -0.39 is 18.0 Å². The predicted molar refractivity (Wildman–Crippen MR) is 77.0 cm³/mol. The van der Waals surface area contributed by atoms with Crippen molar-refractivity contribution in [1.29, 1.82) is 0 Å². The number of hydrogen-bond donors (Lipinski definition) is 3. The van der Waals surface area contributed by atoms with Crippen LogP contribution >= 0.6 is 23.4 Å². The molecule has 0 saturated carbocycles. The van der Waals surface area contributed by atoms with Crippen molar-refractivity contribution < 1.29 is 23.1 Å². The first kappa shape index (κ1) is 17.9. The number of hydrogen-bond acceptors (Lipinski definition) is 3. The minimum Gasteiger partial charge on any atom is -0.396 e. The summed E-state index contributed by atoms with van der Waals surface area (Å²) in [4.78, 5) is 11.8. The molecule has 21 heavy (non-hydrogen) atoms. The van der Waals surface area contributed by atoms with Crippen molar-refractivity contribution >= 4 is 35.1 Å².